The fourth-order valence-electron chi connectivity index (χ4n) is 0.827. The number of amides is 1. The third-order valence-electron chi connectivity index (χ3n) is 1.37. The summed E-state index contributed by atoms with van der Waals surface area (Å²) in [5.41, 5.74) is 4.42. The highest BCUT2D eigenvalue weighted by molar-refractivity contribution is 5.91. The summed E-state index contributed by atoms with van der Waals surface area (Å²) in [6.07, 6.45) is -2.68. The van der Waals surface area contributed by atoms with Crippen molar-refractivity contribution in [3.63, 3.8) is 0 Å². The maximum Gasteiger partial charge on any atom is 0.282 e. The number of hydrogen-bond acceptors (Lipinski definition) is 2. The molecule has 0 saturated carbocycles. The van der Waals surface area contributed by atoms with Gasteiger partial charge >= 0.3 is 0 Å². The number of carbonyl (C=O) groups excluding carboxylic acids is 1. The molecule has 0 aliphatic carbocycles. The van der Waals surface area contributed by atoms with Crippen molar-refractivity contribution in [1.82, 2.24) is 9.78 Å². The summed E-state index contributed by atoms with van der Waals surface area (Å²) in [5.74, 6) is -0.767. The molecule has 66 valence electrons. The molecule has 1 amide bonds. The van der Waals surface area contributed by atoms with Gasteiger partial charge in [-0.2, -0.15) is 5.10 Å². The van der Waals surface area contributed by atoms with Crippen LogP contribution in [-0.2, 0) is 7.05 Å². The van der Waals surface area contributed by atoms with Crippen molar-refractivity contribution in [3.05, 3.63) is 17.5 Å². The minimum Gasteiger partial charge on any atom is -0.364 e. The number of primary amides is 1. The molecule has 0 atom stereocenters. The number of hydrogen-bond donors (Lipinski definition) is 1. The monoisotopic (exact) mass is 175 g/mol. The van der Waals surface area contributed by atoms with E-state index in [-0.39, 0.29) is 5.69 Å². The van der Waals surface area contributed by atoms with E-state index >= 15 is 0 Å². The number of nitrogens with two attached hydrogens (primary N) is 1. The Bertz CT molecular complexity index is 308. The van der Waals surface area contributed by atoms with Gasteiger partial charge < -0.3 is 5.73 Å². The molecule has 0 radical (unpaired) electrons. The summed E-state index contributed by atoms with van der Waals surface area (Å²) in [5, 5.41) is 3.40. The van der Waals surface area contributed by atoms with Crippen LogP contribution in [-0.4, -0.2) is 15.7 Å². The fourth-order valence-corrected chi connectivity index (χ4v) is 0.827. The molecular weight excluding hydrogens is 168 g/mol. The van der Waals surface area contributed by atoms with E-state index in [4.69, 9.17) is 5.73 Å². The lowest BCUT2D eigenvalue weighted by atomic mass is 10.3. The molecular formula is C6H7F2N3O. The highest BCUT2D eigenvalue weighted by Crippen LogP contribution is 2.17. The summed E-state index contributed by atoms with van der Waals surface area (Å²) >= 11 is 0. The molecule has 1 heterocycles. The zero-order chi connectivity index (χ0) is 9.30. The number of rotatable bonds is 2. The molecule has 2 N–H and O–H groups in total. The Morgan fingerprint density at radius 2 is 2.33 bits per heavy atom. The van der Waals surface area contributed by atoms with Gasteiger partial charge in [0.25, 0.3) is 12.3 Å². The van der Waals surface area contributed by atoms with Crippen LogP contribution in [0.5, 0.6) is 0 Å². The van der Waals surface area contributed by atoms with Crippen LogP contribution in [0.1, 0.15) is 22.6 Å². The Labute approximate surface area is 67.0 Å². The van der Waals surface area contributed by atoms with Crippen LogP contribution in [0.15, 0.2) is 6.07 Å². The normalized spacial score (nSPS) is 10.7. The van der Waals surface area contributed by atoms with Crippen molar-refractivity contribution >= 4 is 5.91 Å². The molecule has 0 aliphatic rings. The maximum atomic E-state index is 12.0. The number of aryl methyl sites for hydroxylation is 1. The first-order valence-corrected chi connectivity index (χ1v) is 3.14. The standard InChI is InChI=1S/C6H7F2N3O/c1-11-4(6(9)12)2-3(10-11)5(7)8/h2,5H,1H3,(H2,9,12). The average Bonchev–Trinajstić information content (AvgIpc) is 2.30. The van der Waals surface area contributed by atoms with Gasteiger partial charge in [0.1, 0.15) is 11.4 Å². The molecule has 0 spiro atoms. The van der Waals surface area contributed by atoms with Crippen molar-refractivity contribution in [3.8, 4) is 0 Å². The lowest BCUT2D eigenvalue weighted by molar-refractivity contribution is 0.0991. The Kier molecular flexibility index (Phi) is 2.07. The number of aromatic nitrogens is 2. The lowest BCUT2D eigenvalue weighted by Crippen LogP contribution is -2.15. The van der Waals surface area contributed by atoms with E-state index in [1.54, 1.807) is 0 Å². The second-order valence-electron chi connectivity index (χ2n) is 2.24. The van der Waals surface area contributed by atoms with Crippen LogP contribution in [0.25, 0.3) is 0 Å². The van der Waals surface area contributed by atoms with E-state index < -0.39 is 18.0 Å². The highest BCUT2D eigenvalue weighted by atomic mass is 19.3. The topological polar surface area (TPSA) is 60.9 Å². The number of carbonyl (C=O) groups is 1. The van der Waals surface area contributed by atoms with Crippen molar-refractivity contribution < 1.29 is 13.6 Å². The summed E-state index contributed by atoms with van der Waals surface area (Å²) in [6.45, 7) is 0. The van der Waals surface area contributed by atoms with Crippen molar-refractivity contribution in [2.75, 3.05) is 0 Å². The van der Waals surface area contributed by atoms with Gasteiger partial charge in [-0.3, -0.25) is 9.48 Å². The van der Waals surface area contributed by atoms with E-state index in [2.05, 4.69) is 5.10 Å². The Morgan fingerprint density at radius 1 is 1.75 bits per heavy atom. The van der Waals surface area contributed by atoms with E-state index in [0.29, 0.717) is 0 Å². The smallest absolute Gasteiger partial charge is 0.282 e. The van der Waals surface area contributed by atoms with Crippen molar-refractivity contribution in [2.24, 2.45) is 12.8 Å². The van der Waals surface area contributed by atoms with E-state index in [1.165, 1.54) is 7.05 Å². The number of alkyl halides is 2. The van der Waals surface area contributed by atoms with Crippen LogP contribution < -0.4 is 5.73 Å². The summed E-state index contributed by atoms with van der Waals surface area (Å²) in [7, 11) is 1.38. The lowest BCUT2D eigenvalue weighted by Gasteiger charge is -1.92. The minimum absolute atomic E-state index is 0.0229. The van der Waals surface area contributed by atoms with Gasteiger partial charge in [0.2, 0.25) is 0 Å². The summed E-state index contributed by atoms with van der Waals surface area (Å²) in [4.78, 5) is 10.6. The van der Waals surface area contributed by atoms with E-state index in [9.17, 15) is 13.6 Å². The molecule has 12 heavy (non-hydrogen) atoms. The zero-order valence-corrected chi connectivity index (χ0v) is 6.29. The number of nitrogens with zero attached hydrogens (tertiary/aromatic N) is 2. The van der Waals surface area contributed by atoms with Crippen LogP contribution in [0, 0.1) is 0 Å². The molecule has 1 aromatic heterocycles. The molecule has 0 unspecified atom stereocenters. The second kappa shape index (κ2) is 2.88. The van der Waals surface area contributed by atoms with Crippen LogP contribution in [0.2, 0.25) is 0 Å². The summed E-state index contributed by atoms with van der Waals surface area (Å²) < 4.78 is 25.0. The molecule has 0 fully saturated rings. The molecule has 0 aliphatic heterocycles. The van der Waals surface area contributed by atoms with E-state index in [1.807, 2.05) is 0 Å². The Morgan fingerprint density at radius 3 is 2.58 bits per heavy atom. The molecule has 0 bridgehead atoms. The van der Waals surface area contributed by atoms with E-state index in [0.717, 1.165) is 10.7 Å². The first-order chi connectivity index (χ1) is 5.52. The largest absolute Gasteiger partial charge is 0.364 e. The second-order valence-corrected chi connectivity index (χ2v) is 2.24. The molecule has 0 aromatic carbocycles. The van der Waals surface area contributed by atoms with Gasteiger partial charge in [0.15, 0.2) is 0 Å². The SMILES string of the molecule is Cn1nc(C(F)F)cc1C(N)=O. The third kappa shape index (κ3) is 1.41. The first kappa shape index (κ1) is 8.63. The van der Waals surface area contributed by atoms with Crippen molar-refractivity contribution in [1.29, 1.82) is 0 Å². The van der Waals surface area contributed by atoms with Crippen molar-refractivity contribution in [2.45, 2.75) is 6.43 Å². The van der Waals surface area contributed by atoms with Gasteiger partial charge in [-0.1, -0.05) is 0 Å². The fraction of sp³-hybridized carbons (Fsp3) is 0.333. The quantitative estimate of drug-likeness (QED) is 0.709. The van der Waals surface area contributed by atoms with Gasteiger partial charge in [-0.25, -0.2) is 8.78 Å². The Balaban J connectivity index is 3.09. The minimum atomic E-state index is -2.68. The molecule has 6 heteroatoms. The maximum absolute atomic E-state index is 12.0. The average molecular weight is 175 g/mol. The van der Waals surface area contributed by atoms with Crippen LogP contribution >= 0.6 is 0 Å². The van der Waals surface area contributed by atoms with Gasteiger partial charge in [-0.15, -0.1) is 0 Å². The first-order valence-electron chi connectivity index (χ1n) is 3.14. The van der Waals surface area contributed by atoms with Gasteiger partial charge in [0, 0.05) is 7.05 Å². The molecule has 1 rings (SSSR count). The zero-order valence-electron chi connectivity index (χ0n) is 6.29. The van der Waals surface area contributed by atoms with Crippen LogP contribution in [0.3, 0.4) is 0 Å². The summed E-state index contributed by atoms with van der Waals surface area (Å²) in [6, 6.07) is 0.979. The third-order valence-corrected chi connectivity index (χ3v) is 1.37. The predicted molar refractivity (Wildman–Crippen MR) is 36.7 cm³/mol. The number of halogens is 2. The van der Waals surface area contributed by atoms with Gasteiger partial charge in [0.05, 0.1) is 0 Å². The molecule has 0 saturated heterocycles. The predicted octanol–water partition coefficient (Wildman–Crippen LogP) is 0.457. The molecule has 1 aromatic rings. The highest BCUT2D eigenvalue weighted by Gasteiger charge is 2.16. The molecule has 4 nitrogen and oxygen atoms in total. The van der Waals surface area contributed by atoms with Crippen LogP contribution in [0.4, 0.5) is 8.78 Å². The van der Waals surface area contributed by atoms with Gasteiger partial charge in [-0.05, 0) is 6.07 Å². The Hall–Kier alpha value is -1.46.